The molecule has 0 aromatic heterocycles. The summed E-state index contributed by atoms with van der Waals surface area (Å²) in [6.45, 7) is 1.74. The van der Waals surface area contributed by atoms with Crippen molar-refractivity contribution >= 4 is 44.8 Å². The van der Waals surface area contributed by atoms with Gasteiger partial charge in [0.1, 0.15) is 5.69 Å². The van der Waals surface area contributed by atoms with Crippen molar-refractivity contribution < 1.29 is 9.72 Å². The second-order valence-corrected chi connectivity index (χ2v) is 5.68. The molecule has 2 aromatic rings. The largest absolute Gasteiger partial charge is 0.316 e. The number of hydrogen-bond donors (Lipinski definition) is 1. The summed E-state index contributed by atoms with van der Waals surface area (Å²) in [7, 11) is 0. The first-order valence-corrected chi connectivity index (χ1v) is 7.07. The van der Waals surface area contributed by atoms with E-state index in [2.05, 4.69) is 21.2 Å². The summed E-state index contributed by atoms with van der Waals surface area (Å²) in [6.07, 6.45) is 0. The molecule has 0 aliphatic rings. The molecule has 108 valence electrons. The average molecular weight is 370 g/mol. The molecule has 0 bridgehead atoms. The van der Waals surface area contributed by atoms with Crippen molar-refractivity contribution in [1.82, 2.24) is 0 Å². The third-order valence-electron chi connectivity index (χ3n) is 2.77. The second kappa shape index (κ2) is 6.24. The summed E-state index contributed by atoms with van der Waals surface area (Å²) in [6, 6.07) is 9.41. The van der Waals surface area contributed by atoms with Crippen molar-refractivity contribution in [1.29, 1.82) is 0 Å². The molecule has 0 fully saturated rings. The zero-order chi connectivity index (χ0) is 15.6. The fraction of sp³-hybridized carbons (Fsp3) is 0.0714. The monoisotopic (exact) mass is 368 g/mol. The molecule has 2 rings (SSSR count). The van der Waals surface area contributed by atoms with E-state index >= 15 is 0 Å². The number of halogens is 2. The first kappa shape index (κ1) is 15.5. The van der Waals surface area contributed by atoms with Crippen LogP contribution < -0.4 is 5.32 Å². The van der Waals surface area contributed by atoms with Gasteiger partial charge >= 0.3 is 0 Å². The number of nitrogens with zero attached hydrogens (tertiary/aromatic N) is 1. The number of anilines is 1. The molecule has 0 saturated heterocycles. The smallest absolute Gasteiger partial charge is 0.293 e. The molecule has 0 aliphatic carbocycles. The Morgan fingerprint density at radius 1 is 1.29 bits per heavy atom. The van der Waals surface area contributed by atoms with E-state index < -0.39 is 10.8 Å². The van der Waals surface area contributed by atoms with Crippen LogP contribution in [0.3, 0.4) is 0 Å². The SMILES string of the molecule is Cc1ccc(NC(=O)c2cc(Br)ccc2Cl)c([N+](=O)[O-])c1. The summed E-state index contributed by atoms with van der Waals surface area (Å²) in [5.74, 6) is -0.506. The van der Waals surface area contributed by atoms with Gasteiger partial charge in [-0.1, -0.05) is 33.6 Å². The fourth-order valence-electron chi connectivity index (χ4n) is 1.76. The van der Waals surface area contributed by atoms with Crippen molar-refractivity contribution in [2.75, 3.05) is 5.32 Å². The van der Waals surface area contributed by atoms with Crippen molar-refractivity contribution in [2.45, 2.75) is 6.92 Å². The Balaban J connectivity index is 2.36. The van der Waals surface area contributed by atoms with Crippen LogP contribution in [0.25, 0.3) is 0 Å². The lowest BCUT2D eigenvalue weighted by atomic mass is 10.1. The molecule has 0 radical (unpaired) electrons. The quantitative estimate of drug-likeness (QED) is 0.636. The molecule has 0 aliphatic heterocycles. The molecule has 0 saturated carbocycles. The van der Waals surface area contributed by atoms with Gasteiger partial charge in [-0.05, 0) is 36.8 Å². The lowest BCUT2D eigenvalue weighted by molar-refractivity contribution is -0.384. The Kier molecular flexibility index (Phi) is 4.59. The van der Waals surface area contributed by atoms with Gasteiger partial charge < -0.3 is 5.32 Å². The minimum absolute atomic E-state index is 0.131. The lowest BCUT2D eigenvalue weighted by Gasteiger charge is -2.08. The van der Waals surface area contributed by atoms with Crippen LogP contribution in [0.1, 0.15) is 15.9 Å². The maximum Gasteiger partial charge on any atom is 0.293 e. The fourth-order valence-corrected chi connectivity index (χ4v) is 2.32. The molecule has 21 heavy (non-hydrogen) atoms. The van der Waals surface area contributed by atoms with Gasteiger partial charge in [-0.3, -0.25) is 14.9 Å². The van der Waals surface area contributed by atoms with E-state index in [4.69, 9.17) is 11.6 Å². The molecule has 1 amide bonds. The Morgan fingerprint density at radius 2 is 2.00 bits per heavy atom. The number of carbonyl (C=O) groups excluding carboxylic acids is 1. The summed E-state index contributed by atoms with van der Waals surface area (Å²) in [5, 5.41) is 13.8. The average Bonchev–Trinajstić information content (AvgIpc) is 2.43. The van der Waals surface area contributed by atoms with Gasteiger partial charge in [0, 0.05) is 10.5 Å². The van der Waals surface area contributed by atoms with Crippen molar-refractivity contribution in [3.05, 3.63) is 67.1 Å². The third kappa shape index (κ3) is 3.59. The van der Waals surface area contributed by atoms with E-state index in [0.717, 1.165) is 5.56 Å². The molecule has 0 atom stereocenters. The van der Waals surface area contributed by atoms with Crippen LogP contribution in [-0.2, 0) is 0 Å². The predicted molar refractivity (Wildman–Crippen MR) is 84.9 cm³/mol. The first-order valence-electron chi connectivity index (χ1n) is 5.90. The highest BCUT2D eigenvalue weighted by Crippen LogP contribution is 2.27. The highest BCUT2D eigenvalue weighted by molar-refractivity contribution is 9.10. The molecule has 1 N–H and O–H groups in total. The van der Waals surface area contributed by atoms with Gasteiger partial charge in [0.05, 0.1) is 15.5 Å². The minimum atomic E-state index is -0.537. The van der Waals surface area contributed by atoms with Crippen LogP contribution in [0, 0.1) is 17.0 Å². The molecular formula is C14H10BrClN2O3. The normalized spacial score (nSPS) is 10.2. The number of amides is 1. The Morgan fingerprint density at radius 3 is 2.67 bits per heavy atom. The van der Waals surface area contributed by atoms with Crippen molar-refractivity contribution in [3.8, 4) is 0 Å². The molecule has 0 spiro atoms. The van der Waals surface area contributed by atoms with Crippen LogP contribution in [0.4, 0.5) is 11.4 Å². The van der Waals surface area contributed by atoms with Gasteiger partial charge in [-0.25, -0.2) is 0 Å². The Bertz CT molecular complexity index is 734. The van der Waals surface area contributed by atoms with E-state index in [1.165, 1.54) is 12.1 Å². The van der Waals surface area contributed by atoms with Crippen LogP contribution in [-0.4, -0.2) is 10.8 Å². The zero-order valence-corrected chi connectivity index (χ0v) is 13.2. The summed E-state index contributed by atoms with van der Waals surface area (Å²) in [5.41, 5.74) is 0.946. The van der Waals surface area contributed by atoms with Gasteiger partial charge in [0.2, 0.25) is 0 Å². The summed E-state index contributed by atoms with van der Waals surface area (Å²) >= 11 is 9.22. The molecule has 7 heteroatoms. The number of nitro groups is 1. The molecule has 5 nitrogen and oxygen atoms in total. The van der Waals surface area contributed by atoms with Crippen LogP contribution in [0.5, 0.6) is 0 Å². The lowest BCUT2D eigenvalue weighted by Crippen LogP contribution is -2.13. The van der Waals surface area contributed by atoms with Crippen LogP contribution >= 0.6 is 27.5 Å². The van der Waals surface area contributed by atoms with E-state index in [-0.39, 0.29) is 22.0 Å². The van der Waals surface area contributed by atoms with E-state index in [0.29, 0.717) is 4.47 Å². The number of hydrogen-bond acceptors (Lipinski definition) is 3. The van der Waals surface area contributed by atoms with Gasteiger partial charge in [-0.2, -0.15) is 0 Å². The molecule has 0 unspecified atom stereocenters. The minimum Gasteiger partial charge on any atom is -0.316 e. The maximum absolute atomic E-state index is 12.2. The predicted octanol–water partition coefficient (Wildman–Crippen LogP) is 4.57. The van der Waals surface area contributed by atoms with Gasteiger partial charge in [0.15, 0.2) is 0 Å². The highest BCUT2D eigenvalue weighted by atomic mass is 79.9. The second-order valence-electron chi connectivity index (χ2n) is 4.36. The number of nitro benzene ring substituents is 1. The number of benzene rings is 2. The van der Waals surface area contributed by atoms with Gasteiger partial charge in [-0.15, -0.1) is 0 Å². The summed E-state index contributed by atoms with van der Waals surface area (Å²) < 4.78 is 0.690. The number of carbonyl (C=O) groups is 1. The molecular weight excluding hydrogens is 360 g/mol. The Labute approximate surface area is 134 Å². The van der Waals surface area contributed by atoms with Crippen LogP contribution in [0.15, 0.2) is 40.9 Å². The topological polar surface area (TPSA) is 72.2 Å². The van der Waals surface area contributed by atoms with Crippen LogP contribution in [0.2, 0.25) is 5.02 Å². The van der Waals surface area contributed by atoms with E-state index in [9.17, 15) is 14.9 Å². The summed E-state index contributed by atoms with van der Waals surface area (Å²) in [4.78, 5) is 22.7. The number of rotatable bonds is 3. The van der Waals surface area contributed by atoms with Crippen molar-refractivity contribution in [2.24, 2.45) is 0 Å². The standard InChI is InChI=1S/C14H10BrClN2O3/c1-8-2-5-12(13(6-8)18(20)21)17-14(19)10-7-9(15)3-4-11(10)16/h2-7H,1H3,(H,17,19). The third-order valence-corrected chi connectivity index (χ3v) is 3.59. The maximum atomic E-state index is 12.2. The number of nitrogens with one attached hydrogen (secondary N) is 1. The van der Waals surface area contributed by atoms with E-state index in [1.807, 2.05) is 0 Å². The molecule has 2 aromatic carbocycles. The number of aryl methyl sites for hydroxylation is 1. The van der Waals surface area contributed by atoms with Crippen molar-refractivity contribution in [3.63, 3.8) is 0 Å². The highest BCUT2D eigenvalue weighted by Gasteiger charge is 2.18. The first-order chi connectivity index (χ1) is 9.88. The Hall–Kier alpha value is -1.92. The van der Waals surface area contributed by atoms with Gasteiger partial charge in [0.25, 0.3) is 11.6 Å². The zero-order valence-electron chi connectivity index (χ0n) is 10.9. The van der Waals surface area contributed by atoms with E-state index in [1.54, 1.807) is 31.2 Å². The molecule has 0 heterocycles.